The van der Waals surface area contributed by atoms with Gasteiger partial charge in [0.15, 0.2) is 0 Å². The van der Waals surface area contributed by atoms with Crippen LogP contribution < -0.4 is 10.3 Å². The van der Waals surface area contributed by atoms with Crippen LogP contribution in [0.4, 0.5) is 0 Å². The molecule has 1 atom stereocenters. The van der Waals surface area contributed by atoms with Crippen LogP contribution in [0.1, 0.15) is 78.1 Å². The number of rotatable bonds is 12. The minimum atomic E-state index is -0.343. The average Bonchev–Trinajstić information content (AvgIpc) is 2.85. The van der Waals surface area contributed by atoms with Gasteiger partial charge in [-0.3, -0.25) is 14.2 Å². The van der Waals surface area contributed by atoms with Crippen molar-refractivity contribution in [2.45, 2.75) is 72.3 Å². The molecule has 6 heteroatoms. The van der Waals surface area contributed by atoms with Crippen LogP contribution in [-0.4, -0.2) is 33.5 Å². The first-order valence-electron chi connectivity index (χ1n) is 12.6. The number of benzene rings is 2. The third-order valence-corrected chi connectivity index (χ3v) is 6.12. The lowest BCUT2D eigenvalue weighted by Crippen LogP contribution is -2.38. The second-order valence-electron chi connectivity index (χ2n) is 8.63. The quantitative estimate of drug-likeness (QED) is 0.307. The molecule has 0 aliphatic rings. The van der Waals surface area contributed by atoms with Crippen LogP contribution in [0.15, 0.2) is 53.3 Å². The number of hydrogen-bond acceptors (Lipinski definition) is 4. The lowest BCUT2D eigenvalue weighted by Gasteiger charge is -2.31. The minimum absolute atomic E-state index is 0.120. The maximum Gasteiger partial charge on any atom is 0.266 e. The monoisotopic (exact) mass is 463 g/mol. The highest BCUT2D eigenvalue weighted by atomic mass is 16.5. The number of unbranched alkanes of at least 4 members (excludes halogenated alkanes) is 3. The smallest absolute Gasteiger partial charge is 0.266 e. The van der Waals surface area contributed by atoms with Gasteiger partial charge in [-0.05, 0) is 63.1 Å². The molecule has 1 unspecified atom stereocenters. The van der Waals surface area contributed by atoms with Crippen LogP contribution in [0.2, 0.25) is 0 Å². The van der Waals surface area contributed by atoms with E-state index >= 15 is 0 Å². The number of carbonyl (C=O) groups excluding carboxylic acids is 1. The second kappa shape index (κ2) is 12.4. The van der Waals surface area contributed by atoms with Crippen LogP contribution in [0.5, 0.6) is 5.75 Å². The van der Waals surface area contributed by atoms with Crippen molar-refractivity contribution in [3.63, 3.8) is 0 Å². The van der Waals surface area contributed by atoms with Gasteiger partial charge >= 0.3 is 0 Å². The first kappa shape index (κ1) is 25.5. The molecule has 3 rings (SSSR count). The molecule has 0 saturated carbocycles. The van der Waals surface area contributed by atoms with Crippen molar-refractivity contribution < 1.29 is 9.53 Å². The average molecular weight is 464 g/mol. The molecule has 0 spiro atoms. The molecule has 1 aromatic heterocycles. The number of carbonyl (C=O) groups is 1. The van der Waals surface area contributed by atoms with Crippen molar-refractivity contribution in [1.29, 1.82) is 0 Å². The van der Waals surface area contributed by atoms with Crippen LogP contribution >= 0.6 is 0 Å². The molecular formula is C28H37N3O3. The summed E-state index contributed by atoms with van der Waals surface area (Å²) in [4.78, 5) is 33.7. The van der Waals surface area contributed by atoms with E-state index in [1.165, 1.54) is 0 Å². The standard InChI is InChI=1S/C28H37N3O3/c1-5-8-10-15-26(32)30(20-9-6-2)21(4)27-29-25-14-12-11-13-24(25)28(33)31(27)22-16-18-23(19-17-22)34-7-3/h11-14,16-19,21H,5-10,15,20H2,1-4H3. The van der Waals surface area contributed by atoms with E-state index in [9.17, 15) is 9.59 Å². The molecule has 0 bridgehead atoms. The highest BCUT2D eigenvalue weighted by Crippen LogP contribution is 2.25. The van der Waals surface area contributed by atoms with E-state index in [2.05, 4.69) is 13.8 Å². The molecule has 0 N–H and O–H groups in total. The largest absolute Gasteiger partial charge is 0.494 e. The molecular weight excluding hydrogens is 426 g/mol. The Morgan fingerprint density at radius 1 is 1.00 bits per heavy atom. The summed E-state index contributed by atoms with van der Waals surface area (Å²) in [6.07, 6.45) is 5.39. The molecule has 1 amide bonds. The molecule has 0 aliphatic heterocycles. The first-order chi connectivity index (χ1) is 16.5. The number of ether oxygens (including phenoxy) is 1. The predicted molar refractivity (Wildman–Crippen MR) is 138 cm³/mol. The number of para-hydroxylation sites is 1. The Balaban J connectivity index is 2.11. The molecule has 0 radical (unpaired) electrons. The number of nitrogens with zero attached hydrogens (tertiary/aromatic N) is 3. The van der Waals surface area contributed by atoms with E-state index in [-0.39, 0.29) is 17.5 Å². The van der Waals surface area contributed by atoms with Crippen molar-refractivity contribution in [3.05, 3.63) is 64.7 Å². The Morgan fingerprint density at radius 3 is 2.38 bits per heavy atom. The van der Waals surface area contributed by atoms with Gasteiger partial charge in [-0.25, -0.2) is 4.98 Å². The summed E-state index contributed by atoms with van der Waals surface area (Å²) < 4.78 is 7.23. The molecule has 0 fully saturated rings. The Hall–Kier alpha value is -3.15. The lowest BCUT2D eigenvalue weighted by atomic mass is 10.1. The third kappa shape index (κ3) is 5.85. The van der Waals surface area contributed by atoms with Gasteiger partial charge in [-0.2, -0.15) is 0 Å². The van der Waals surface area contributed by atoms with Gasteiger partial charge in [0.1, 0.15) is 11.6 Å². The Bertz CT molecular complexity index is 1140. The van der Waals surface area contributed by atoms with Crippen molar-refractivity contribution in [2.24, 2.45) is 0 Å². The fourth-order valence-corrected chi connectivity index (χ4v) is 4.21. The topological polar surface area (TPSA) is 64.4 Å². The summed E-state index contributed by atoms with van der Waals surface area (Å²) in [6.45, 7) is 9.40. The van der Waals surface area contributed by atoms with Crippen LogP contribution in [0, 0.1) is 0 Å². The van der Waals surface area contributed by atoms with Gasteiger partial charge in [0, 0.05) is 13.0 Å². The summed E-state index contributed by atoms with van der Waals surface area (Å²) in [5.74, 6) is 1.45. The fraction of sp³-hybridized carbons (Fsp3) is 0.464. The Kier molecular flexibility index (Phi) is 9.25. The molecule has 34 heavy (non-hydrogen) atoms. The summed E-state index contributed by atoms with van der Waals surface area (Å²) in [5.41, 5.74) is 1.22. The molecule has 182 valence electrons. The number of amides is 1. The molecule has 0 aliphatic carbocycles. The molecule has 2 aromatic carbocycles. The van der Waals surface area contributed by atoms with Crippen LogP contribution in [-0.2, 0) is 4.79 Å². The zero-order valence-corrected chi connectivity index (χ0v) is 20.9. The van der Waals surface area contributed by atoms with Crippen molar-refractivity contribution >= 4 is 16.8 Å². The Morgan fingerprint density at radius 2 is 1.71 bits per heavy atom. The second-order valence-corrected chi connectivity index (χ2v) is 8.63. The van der Waals surface area contributed by atoms with E-state index < -0.39 is 0 Å². The van der Waals surface area contributed by atoms with Gasteiger partial charge in [0.05, 0.1) is 29.2 Å². The predicted octanol–water partition coefficient (Wildman–Crippen LogP) is 6.05. The third-order valence-electron chi connectivity index (χ3n) is 6.12. The van der Waals surface area contributed by atoms with Gasteiger partial charge in [0.25, 0.3) is 5.56 Å². The SMILES string of the molecule is CCCCCC(=O)N(CCCC)C(C)c1nc2ccccc2c(=O)n1-c1ccc(OCC)cc1. The summed E-state index contributed by atoms with van der Waals surface area (Å²) in [6, 6.07) is 14.5. The van der Waals surface area contributed by atoms with Gasteiger partial charge in [-0.1, -0.05) is 45.2 Å². The van der Waals surface area contributed by atoms with Gasteiger partial charge < -0.3 is 9.64 Å². The van der Waals surface area contributed by atoms with Crippen LogP contribution in [0.25, 0.3) is 16.6 Å². The summed E-state index contributed by atoms with van der Waals surface area (Å²) >= 11 is 0. The number of aromatic nitrogens is 2. The van der Waals surface area contributed by atoms with Gasteiger partial charge in [0.2, 0.25) is 5.91 Å². The van der Waals surface area contributed by atoms with Gasteiger partial charge in [-0.15, -0.1) is 0 Å². The highest BCUT2D eigenvalue weighted by Gasteiger charge is 2.26. The number of fused-ring (bicyclic) bond motifs is 1. The number of hydrogen-bond donors (Lipinski definition) is 0. The normalized spacial score (nSPS) is 12.0. The van der Waals surface area contributed by atoms with E-state index in [0.717, 1.165) is 37.9 Å². The minimum Gasteiger partial charge on any atom is -0.494 e. The first-order valence-corrected chi connectivity index (χ1v) is 12.6. The Labute approximate surface area is 202 Å². The summed E-state index contributed by atoms with van der Waals surface area (Å²) in [5, 5.41) is 0.557. The van der Waals surface area contributed by atoms with E-state index in [4.69, 9.17) is 9.72 Å². The van der Waals surface area contributed by atoms with E-state index in [1.54, 1.807) is 10.6 Å². The van der Waals surface area contributed by atoms with Crippen molar-refractivity contribution in [2.75, 3.05) is 13.2 Å². The maximum atomic E-state index is 13.7. The molecule has 0 saturated heterocycles. The molecule has 3 aromatic rings. The molecule has 6 nitrogen and oxygen atoms in total. The lowest BCUT2D eigenvalue weighted by molar-refractivity contribution is -0.133. The maximum absolute atomic E-state index is 13.7. The fourth-order valence-electron chi connectivity index (χ4n) is 4.21. The van der Waals surface area contributed by atoms with E-state index in [1.807, 2.05) is 61.2 Å². The zero-order valence-electron chi connectivity index (χ0n) is 20.9. The van der Waals surface area contributed by atoms with Crippen molar-refractivity contribution in [3.8, 4) is 11.4 Å². The van der Waals surface area contributed by atoms with E-state index in [0.29, 0.717) is 42.0 Å². The molecule has 1 heterocycles. The highest BCUT2D eigenvalue weighted by molar-refractivity contribution is 5.79. The summed E-state index contributed by atoms with van der Waals surface area (Å²) in [7, 11) is 0. The zero-order chi connectivity index (χ0) is 24.5. The van der Waals surface area contributed by atoms with Crippen LogP contribution in [0.3, 0.4) is 0 Å². The van der Waals surface area contributed by atoms with Crippen molar-refractivity contribution in [1.82, 2.24) is 14.5 Å².